The molecule has 0 aliphatic rings. The number of rotatable bonds is 4. The van der Waals surface area contributed by atoms with Crippen LogP contribution in [0.15, 0.2) is 41.9 Å². The van der Waals surface area contributed by atoms with Gasteiger partial charge in [-0.3, -0.25) is 9.20 Å². The predicted molar refractivity (Wildman–Crippen MR) is 91.4 cm³/mol. The second kappa shape index (κ2) is 6.62. The van der Waals surface area contributed by atoms with Crippen LogP contribution in [-0.2, 0) is 9.53 Å². The van der Waals surface area contributed by atoms with Gasteiger partial charge in [-0.1, -0.05) is 41.9 Å². The number of hydrogen-bond acceptors (Lipinski definition) is 5. The van der Waals surface area contributed by atoms with Gasteiger partial charge in [-0.2, -0.15) is 0 Å². The van der Waals surface area contributed by atoms with Crippen LogP contribution >= 0.6 is 22.9 Å². The first-order valence-corrected chi connectivity index (χ1v) is 8.33. The van der Waals surface area contributed by atoms with E-state index in [4.69, 9.17) is 16.3 Å². The quantitative estimate of drug-likeness (QED) is 0.668. The molecular formula is C16H14ClN3O3S. The van der Waals surface area contributed by atoms with E-state index in [-0.39, 0.29) is 16.8 Å². The van der Waals surface area contributed by atoms with Gasteiger partial charge in [0.1, 0.15) is 0 Å². The van der Waals surface area contributed by atoms with Crippen molar-refractivity contribution in [3.8, 4) is 0 Å². The highest BCUT2D eigenvalue weighted by Gasteiger charge is 2.29. The maximum atomic E-state index is 12.6. The summed E-state index contributed by atoms with van der Waals surface area (Å²) in [5, 5.41) is 1.84. The molecule has 0 spiro atoms. The molecule has 0 aliphatic carbocycles. The first-order valence-electron chi connectivity index (χ1n) is 7.07. The highest BCUT2D eigenvalue weighted by Crippen LogP contribution is 2.26. The Morgan fingerprint density at radius 2 is 2.00 bits per heavy atom. The van der Waals surface area contributed by atoms with E-state index in [0.29, 0.717) is 10.5 Å². The van der Waals surface area contributed by atoms with Gasteiger partial charge in [0, 0.05) is 31.2 Å². The number of esters is 1. The summed E-state index contributed by atoms with van der Waals surface area (Å²) in [6, 6.07) is 8.85. The summed E-state index contributed by atoms with van der Waals surface area (Å²) >= 11 is 7.40. The molecule has 2 heterocycles. The van der Waals surface area contributed by atoms with Crippen molar-refractivity contribution in [2.24, 2.45) is 0 Å². The molecule has 1 atom stereocenters. The topological polar surface area (TPSA) is 63.9 Å². The maximum Gasteiger partial charge on any atom is 0.359 e. The SMILES string of the molecule is CN(C)C(=O)[C@H](OC(=O)c1c(Cl)nc2sccn12)c1ccccc1. The molecule has 2 aromatic heterocycles. The zero-order valence-corrected chi connectivity index (χ0v) is 14.5. The molecule has 24 heavy (non-hydrogen) atoms. The molecule has 0 unspecified atom stereocenters. The van der Waals surface area contributed by atoms with Gasteiger partial charge in [0.15, 0.2) is 15.8 Å². The zero-order valence-electron chi connectivity index (χ0n) is 13.0. The van der Waals surface area contributed by atoms with Crippen LogP contribution in [-0.4, -0.2) is 40.3 Å². The minimum Gasteiger partial charge on any atom is -0.443 e. The van der Waals surface area contributed by atoms with Gasteiger partial charge in [0.2, 0.25) is 6.10 Å². The number of likely N-dealkylation sites (N-methyl/N-ethyl adjacent to an activating group) is 1. The number of benzene rings is 1. The third-order valence-electron chi connectivity index (χ3n) is 3.41. The molecule has 0 aliphatic heterocycles. The van der Waals surface area contributed by atoms with E-state index in [1.165, 1.54) is 16.2 Å². The van der Waals surface area contributed by atoms with E-state index >= 15 is 0 Å². The Morgan fingerprint density at radius 3 is 2.67 bits per heavy atom. The molecule has 8 heteroatoms. The summed E-state index contributed by atoms with van der Waals surface area (Å²) < 4.78 is 7.04. The Hall–Kier alpha value is -2.38. The second-order valence-electron chi connectivity index (χ2n) is 5.24. The Bertz CT molecular complexity index is 889. The van der Waals surface area contributed by atoms with E-state index < -0.39 is 12.1 Å². The maximum absolute atomic E-state index is 12.6. The fourth-order valence-electron chi connectivity index (χ4n) is 2.23. The normalized spacial score (nSPS) is 12.1. The average Bonchev–Trinajstić information content (AvgIpc) is 3.12. The van der Waals surface area contributed by atoms with Crippen LogP contribution in [0.2, 0.25) is 5.15 Å². The van der Waals surface area contributed by atoms with Crippen LogP contribution in [0, 0.1) is 0 Å². The number of aromatic nitrogens is 2. The number of thiazole rings is 1. The molecule has 1 aromatic carbocycles. The zero-order chi connectivity index (χ0) is 17.3. The summed E-state index contributed by atoms with van der Waals surface area (Å²) in [7, 11) is 3.21. The smallest absolute Gasteiger partial charge is 0.359 e. The summed E-state index contributed by atoms with van der Waals surface area (Å²) in [5.41, 5.74) is 0.701. The summed E-state index contributed by atoms with van der Waals surface area (Å²) in [4.78, 5) is 31.1. The van der Waals surface area contributed by atoms with Crippen molar-refractivity contribution in [1.82, 2.24) is 14.3 Å². The van der Waals surface area contributed by atoms with Crippen LogP contribution in [0.1, 0.15) is 22.2 Å². The lowest BCUT2D eigenvalue weighted by atomic mass is 10.1. The first kappa shape index (κ1) is 16.5. The minimum absolute atomic E-state index is 0.0518. The lowest BCUT2D eigenvalue weighted by Crippen LogP contribution is -2.31. The van der Waals surface area contributed by atoms with Crippen LogP contribution in [0.25, 0.3) is 4.96 Å². The molecule has 0 saturated heterocycles. The van der Waals surface area contributed by atoms with Gasteiger partial charge in [-0.05, 0) is 0 Å². The first-order chi connectivity index (χ1) is 11.5. The number of ether oxygens (including phenoxy) is 1. The number of halogens is 1. The van der Waals surface area contributed by atoms with E-state index in [9.17, 15) is 9.59 Å². The highest BCUT2D eigenvalue weighted by atomic mass is 35.5. The third-order valence-corrected chi connectivity index (χ3v) is 4.43. The van der Waals surface area contributed by atoms with Crippen molar-refractivity contribution >= 4 is 39.8 Å². The standard InChI is InChI=1S/C16H14ClN3O3S/c1-19(2)14(21)12(10-6-4-3-5-7-10)23-15(22)11-13(17)18-16-20(11)8-9-24-16/h3-9,12H,1-2H3/t12-/m1/s1. The molecule has 0 fully saturated rings. The number of hydrogen-bond donors (Lipinski definition) is 0. The number of amides is 1. The van der Waals surface area contributed by atoms with Gasteiger partial charge in [0.05, 0.1) is 0 Å². The molecule has 6 nitrogen and oxygen atoms in total. The van der Waals surface area contributed by atoms with Gasteiger partial charge < -0.3 is 9.64 Å². The van der Waals surface area contributed by atoms with Gasteiger partial charge in [-0.15, -0.1) is 11.3 Å². The highest BCUT2D eigenvalue weighted by molar-refractivity contribution is 7.15. The van der Waals surface area contributed by atoms with E-state index in [1.807, 2.05) is 6.07 Å². The van der Waals surface area contributed by atoms with Crippen LogP contribution in [0.3, 0.4) is 0 Å². The van der Waals surface area contributed by atoms with Crippen molar-refractivity contribution in [1.29, 1.82) is 0 Å². The Kier molecular flexibility index (Phi) is 4.55. The Labute approximate surface area is 147 Å². The van der Waals surface area contributed by atoms with E-state index in [2.05, 4.69) is 4.98 Å². The lowest BCUT2D eigenvalue weighted by molar-refractivity contribution is -0.138. The van der Waals surface area contributed by atoms with E-state index in [0.717, 1.165) is 0 Å². The molecule has 3 aromatic rings. The molecule has 1 amide bonds. The van der Waals surface area contributed by atoms with Crippen molar-refractivity contribution in [2.75, 3.05) is 14.1 Å². The van der Waals surface area contributed by atoms with Crippen LogP contribution in [0.5, 0.6) is 0 Å². The fraction of sp³-hybridized carbons (Fsp3) is 0.188. The predicted octanol–water partition coefficient (Wildman–Crippen LogP) is 3.04. The fourth-order valence-corrected chi connectivity index (χ4v) is 3.24. The molecule has 0 bridgehead atoms. The number of fused-ring (bicyclic) bond motifs is 1. The molecule has 3 rings (SSSR count). The van der Waals surface area contributed by atoms with Crippen LogP contribution in [0.4, 0.5) is 0 Å². The van der Waals surface area contributed by atoms with Crippen LogP contribution < -0.4 is 0 Å². The van der Waals surface area contributed by atoms with Gasteiger partial charge in [-0.25, -0.2) is 9.78 Å². The number of nitrogens with zero attached hydrogens (tertiary/aromatic N) is 3. The van der Waals surface area contributed by atoms with Crippen molar-refractivity contribution in [3.63, 3.8) is 0 Å². The number of imidazole rings is 1. The minimum atomic E-state index is -1.05. The summed E-state index contributed by atoms with van der Waals surface area (Å²) in [6.07, 6.45) is 0.634. The molecule has 0 radical (unpaired) electrons. The molecule has 124 valence electrons. The third kappa shape index (κ3) is 3.00. The molecule has 0 saturated carbocycles. The van der Waals surface area contributed by atoms with Crippen molar-refractivity contribution in [2.45, 2.75) is 6.10 Å². The van der Waals surface area contributed by atoms with Gasteiger partial charge >= 0.3 is 5.97 Å². The summed E-state index contributed by atoms with van der Waals surface area (Å²) in [5.74, 6) is -1.04. The van der Waals surface area contributed by atoms with E-state index in [1.54, 1.807) is 54.3 Å². The molecule has 0 N–H and O–H groups in total. The van der Waals surface area contributed by atoms with Gasteiger partial charge in [0.25, 0.3) is 5.91 Å². The Morgan fingerprint density at radius 1 is 1.29 bits per heavy atom. The average molecular weight is 364 g/mol. The Balaban J connectivity index is 1.95. The number of carbonyl (C=O) groups is 2. The second-order valence-corrected chi connectivity index (χ2v) is 6.47. The number of carbonyl (C=O) groups excluding carboxylic acids is 2. The van der Waals surface area contributed by atoms with Crippen molar-refractivity contribution in [3.05, 3.63) is 58.3 Å². The monoisotopic (exact) mass is 363 g/mol. The molecular weight excluding hydrogens is 350 g/mol. The largest absolute Gasteiger partial charge is 0.443 e. The summed E-state index contributed by atoms with van der Waals surface area (Å²) in [6.45, 7) is 0. The lowest BCUT2D eigenvalue weighted by Gasteiger charge is -2.21. The van der Waals surface area contributed by atoms with Crippen molar-refractivity contribution < 1.29 is 14.3 Å².